The van der Waals surface area contributed by atoms with Crippen LogP contribution in [0.3, 0.4) is 0 Å². The van der Waals surface area contributed by atoms with Crippen molar-refractivity contribution in [3.63, 3.8) is 0 Å². The Morgan fingerprint density at radius 3 is 2.36 bits per heavy atom. The first-order chi connectivity index (χ1) is 13.5. The predicted molar refractivity (Wildman–Crippen MR) is 112 cm³/mol. The van der Waals surface area contributed by atoms with Gasteiger partial charge in [-0.25, -0.2) is 0 Å². The van der Waals surface area contributed by atoms with Crippen LogP contribution in [0.2, 0.25) is 0 Å². The maximum absolute atomic E-state index is 10.9. The summed E-state index contributed by atoms with van der Waals surface area (Å²) in [4.78, 5) is 11.6. The predicted octanol–water partition coefficient (Wildman–Crippen LogP) is 6.59. The number of hydrogen-bond donors (Lipinski definition) is 0. The summed E-state index contributed by atoms with van der Waals surface area (Å²) in [5, 5.41) is 14.9. The fourth-order valence-corrected chi connectivity index (χ4v) is 3.96. The summed E-state index contributed by atoms with van der Waals surface area (Å²) in [7, 11) is 1.64. The Morgan fingerprint density at radius 2 is 1.71 bits per heavy atom. The van der Waals surface area contributed by atoms with Gasteiger partial charge < -0.3 is 9.47 Å². The number of nitro benzene ring substituents is 1. The van der Waals surface area contributed by atoms with E-state index in [1.54, 1.807) is 30.6 Å². The van der Waals surface area contributed by atoms with Crippen LogP contribution in [0.15, 0.2) is 66.0 Å². The number of ether oxygens (including phenoxy) is 2. The molecule has 0 saturated carbocycles. The number of rotatable bonds is 5. The van der Waals surface area contributed by atoms with Crippen molar-refractivity contribution in [2.45, 2.75) is 6.92 Å². The molecule has 0 aliphatic carbocycles. The average molecular weight is 391 g/mol. The lowest BCUT2D eigenvalue weighted by Gasteiger charge is -2.14. The van der Waals surface area contributed by atoms with Gasteiger partial charge in [0.15, 0.2) is 0 Å². The van der Waals surface area contributed by atoms with Gasteiger partial charge in [0.05, 0.1) is 12.0 Å². The number of thiophene rings is 1. The molecule has 0 aliphatic rings. The quantitative estimate of drug-likeness (QED) is 0.284. The summed E-state index contributed by atoms with van der Waals surface area (Å²) in [6, 6.07) is 18.1. The second-order valence-corrected chi connectivity index (χ2v) is 7.28. The Morgan fingerprint density at radius 1 is 0.964 bits per heavy atom. The molecule has 0 radical (unpaired) electrons. The Labute approximate surface area is 165 Å². The lowest BCUT2D eigenvalue weighted by molar-refractivity contribution is -0.384. The second kappa shape index (κ2) is 7.32. The number of fused-ring (bicyclic) bond motifs is 1. The first-order valence-corrected chi connectivity index (χ1v) is 9.51. The van der Waals surface area contributed by atoms with Crippen molar-refractivity contribution in [3.05, 3.63) is 81.7 Å². The van der Waals surface area contributed by atoms with Gasteiger partial charge in [-0.2, -0.15) is 0 Å². The Hall–Kier alpha value is -3.38. The fraction of sp³-hybridized carbons (Fsp3) is 0.0909. The molecule has 28 heavy (non-hydrogen) atoms. The van der Waals surface area contributed by atoms with Gasteiger partial charge in [0.25, 0.3) is 5.69 Å². The number of nitrogens with zero attached hydrogens (tertiary/aromatic N) is 1. The third kappa shape index (κ3) is 3.42. The van der Waals surface area contributed by atoms with Crippen molar-refractivity contribution in [1.82, 2.24) is 0 Å². The molecule has 140 valence electrons. The molecule has 1 aromatic heterocycles. The maximum Gasteiger partial charge on any atom is 0.269 e. The Balaban J connectivity index is 1.85. The van der Waals surface area contributed by atoms with E-state index in [0.29, 0.717) is 5.75 Å². The maximum atomic E-state index is 10.9. The summed E-state index contributed by atoms with van der Waals surface area (Å²) < 4.78 is 11.6. The first-order valence-electron chi connectivity index (χ1n) is 8.64. The molecule has 0 spiro atoms. The topological polar surface area (TPSA) is 61.6 Å². The monoisotopic (exact) mass is 391 g/mol. The van der Waals surface area contributed by atoms with E-state index >= 15 is 0 Å². The van der Waals surface area contributed by atoms with Crippen LogP contribution in [0.4, 0.5) is 5.69 Å². The largest absolute Gasteiger partial charge is 0.497 e. The van der Waals surface area contributed by atoms with Crippen LogP contribution >= 0.6 is 11.3 Å². The molecule has 3 aromatic carbocycles. The summed E-state index contributed by atoms with van der Waals surface area (Å²) in [6.07, 6.45) is 0. The van der Waals surface area contributed by atoms with Crippen LogP contribution in [-0.4, -0.2) is 12.0 Å². The standard InChI is InChI=1S/C22H17NO4S/c1-14-11-21(28-13-14)20-9-3-15-12-18(26-2)8-10-19(15)22(20)27-17-6-4-16(5-7-17)23(24)25/h3-13H,1-2H3. The molecule has 6 heteroatoms. The molecule has 1 heterocycles. The number of benzene rings is 3. The van der Waals surface area contributed by atoms with E-state index in [-0.39, 0.29) is 5.69 Å². The highest BCUT2D eigenvalue weighted by Gasteiger charge is 2.15. The van der Waals surface area contributed by atoms with Gasteiger partial charge in [-0.1, -0.05) is 6.07 Å². The highest BCUT2D eigenvalue weighted by molar-refractivity contribution is 7.13. The molecule has 4 aromatic rings. The van der Waals surface area contributed by atoms with Gasteiger partial charge in [-0.3, -0.25) is 10.1 Å². The molecule has 0 fully saturated rings. The first kappa shape index (κ1) is 18.0. The molecule has 0 saturated heterocycles. The normalized spacial score (nSPS) is 10.8. The minimum atomic E-state index is -0.423. The third-order valence-electron chi connectivity index (χ3n) is 4.44. The number of aryl methyl sites for hydroxylation is 1. The molecule has 0 bridgehead atoms. The molecule has 0 N–H and O–H groups in total. The zero-order valence-corrected chi connectivity index (χ0v) is 16.2. The minimum absolute atomic E-state index is 0.0316. The van der Waals surface area contributed by atoms with Gasteiger partial charge >= 0.3 is 0 Å². The van der Waals surface area contributed by atoms with Gasteiger partial charge in [0.2, 0.25) is 0 Å². The SMILES string of the molecule is COc1ccc2c(Oc3ccc([N+](=O)[O-])cc3)c(-c3cc(C)cs3)ccc2c1. The zero-order chi connectivity index (χ0) is 19.7. The number of hydrogen-bond acceptors (Lipinski definition) is 5. The van der Waals surface area contributed by atoms with Crippen molar-refractivity contribution in [2.75, 3.05) is 7.11 Å². The molecule has 4 rings (SSSR count). The molecule has 5 nitrogen and oxygen atoms in total. The Kier molecular flexibility index (Phi) is 4.71. The summed E-state index contributed by atoms with van der Waals surface area (Å²) in [5.41, 5.74) is 2.20. The average Bonchev–Trinajstić information content (AvgIpc) is 3.14. The lowest BCUT2D eigenvalue weighted by Crippen LogP contribution is -1.92. The van der Waals surface area contributed by atoms with Crippen molar-refractivity contribution in [3.8, 4) is 27.7 Å². The van der Waals surface area contributed by atoms with Crippen LogP contribution in [0.5, 0.6) is 17.2 Å². The van der Waals surface area contributed by atoms with E-state index in [2.05, 4.69) is 18.4 Å². The molecular weight excluding hydrogens is 374 g/mol. The third-order valence-corrected chi connectivity index (χ3v) is 5.52. The summed E-state index contributed by atoms with van der Waals surface area (Å²) >= 11 is 1.66. The molecule has 0 amide bonds. The van der Waals surface area contributed by atoms with Gasteiger partial charge in [-0.05, 0) is 65.7 Å². The van der Waals surface area contributed by atoms with E-state index < -0.39 is 4.92 Å². The van der Waals surface area contributed by atoms with Crippen LogP contribution in [0, 0.1) is 17.0 Å². The molecule has 0 unspecified atom stereocenters. The lowest BCUT2D eigenvalue weighted by atomic mass is 10.0. The van der Waals surface area contributed by atoms with Crippen LogP contribution < -0.4 is 9.47 Å². The number of methoxy groups -OCH3 is 1. The van der Waals surface area contributed by atoms with E-state index in [4.69, 9.17) is 9.47 Å². The molecular formula is C22H17NO4S. The Bertz CT molecular complexity index is 1170. The van der Waals surface area contributed by atoms with Crippen molar-refractivity contribution >= 4 is 27.8 Å². The van der Waals surface area contributed by atoms with Crippen LogP contribution in [0.1, 0.15) is 5.56 Å². The van der Waals surface area contributed by atoms with E-state index in [1.807, 2.05) is 30.3 Å². The van der Waals surface area contributed by atoms with Crippen LogP contribution in [0.25, 0.3) is 21.2 Å². The van der Waals surface area contributed by atoms with Gasteiger partial charge in [-0.15, -0.1) is 11.3 Å². The van der Waals surface area contributed by atoms with Crippen molar-refractivity contribution in [2.24, 2.45) is 0 Å². The highest BCUT2D eigenvalue weighted by atomic mass is 32.1. The van der Waals surface area contributed by atoms with Gasteiger partial charge in [0.1, 0.15) is 17.2 Å². The van der Waals surface area contributed by atoms with E-state index in [0.717, 1.165) is 32.7 Å². The number of nitro groups is 1. The van der Waals surface area contributed by atoms with Gasteiger partial charge in [0, 0.05) is 28.0 Å². The second-order valence-electron chi connectivity index (χ2n) is 6.37. The highest BCUT2D eigenvalue weighted by Crippen LogP contribution is 2.42. The molecule has 0 aliphatic heterocycles. The number of non-ortho nitro benzene ring substituents is 1. The van der Waals surface area contributed by atoms with E-state index in [9.17, 15) is 10.1 Å². The van der Waals surface area contributed by atoms with Crippen LogP contribution in [-0.2, 0) is 0 Å². The fourth-order valence-electron chi connectivity index (χ4n) is 3.04. The van der Waals surface area contributed by atoms with E-state index in [1.165, 1.54) is 17.7 Å². The zero-order valence-electron chi connectivity index (χ0n) is 15.3. The minimum Gasteiger partial charge on any atom is -0.497 e. The summed E-state index contributed by atoms with van der Waals surface area (Å²) in [5.74, 6) is 2.04. The van der Waals surface area contributed by atoms with Crippen molar-refractivity contribution < 1.29 is 14.4 Å². The smallest absolute Gasteiger partial charge is 0.269 e. The summed E-state index contributed by atoms with van der Waals surface area (Å²) in [6.45, 7) is 2.06. The molecule has 0 atom stereocenters. The van der Waals surface area contributed by atoms with Crippen molar-refractivity contribution in [1.29, 1.82) is 0 Å².